The van der Waals surface area contributed by atoms with Crippen LogP contribution in [0.5, 0.6) is 5.75 Å². The number of pyridine rings is 1. The lowest BCUT2D eigenvalue weighted by Gasteiger charge is -2.17. The molecule has 1 unspecified atom stereocenters. The molecule has 2 aromatic rings. The van der Waals surface area contributed by atoms with Crippen molar-refractivity contribution < 1.29 is 14.3 Å². The molecule has 1 aromatic carbocycles. The van der Waals surface area contributed by atoms with Crippen molar-refractivity contribution >= 4 is 23.2 Å². The molecule has 0 bridgehead atoms. The first-order valence-electron chi connectivity index (χ1n) is 11.4. The van der Waals surface area contributed by atoms with E-state index in [0.29, 0.717) is 24.6 Å². The number of fused-ring (bicyclic) bond motifs is 1. The van der Waals surface area contributed by atoms with Gasteiger partial charge in [-0.05, 0) is 80.5 Å². The zero-order valence-corrected chi connectivity index (χ0v) is 19.7. The summed E-state index contributed by atoms with van der Waals surface area (Å²) in [7, 11) is 0. The monoisotopic (exact) mass is 455 g/mol. The van der Waals surface area contributed by atoms with E-state index in [1.807, 2.05) is 25.1 Å². The van der Waals surface area contributed by atoms with E-state index >= 15 is 0 Å². The average Bonchev–Trinajstić information content (AvgIpc) is 3.18. The molecule has 0 spiro atoms. The van der Waals surface area contributed by atoms with Gasteiger partial charge in [0.15, 0.2) is 0 Å². The van der Waals surface area contributed by atoms with Crippen molar-refractivity contribution in [2.45, 2.75) is 57.9 Å². The van der Waals surface area contributed by atoms with E-state index in [-0.39, 0.29) is 17.9 Å². The SMILES string of the molecule is CCOC(=O)C[C@@H]1CCc2cc(OCCCNC(CC)c3ccc(C(N)=S)cn3)ccc21. The van der Waals surface area contributed by atoms with Crippen LogP contribution in [0.25, 0.3) is 0 Å². The van der Waals surface area contributed by atoms with Gasteiger partial charge in [0, 0.05) is 17.8 Å². The Hall–Kier alpha value is -2.51. The smallest absolute Gasteiger partial charge is 0.306 e. The van der Waals surface area contributed by atoms with E-state index in [1.165, 1.54) is 11.1 Å². The standard InChI is InChI=1S/C25H33N3O3S/c1-3-22(23-11-8-19(16-28-23)25(26)32)27-12-5-13-31-20-9-10-21-17(14-20)6-7-18(21)15-24(29)30-4-2/h8-11,14,16,18,22,27H,3-7,12-13,15H2,1-2H3,(H2,26,32)/t18-,22?/m0/s1. The van der Waals surface area contributed by atoms with Crippen LogP contribution in [0.4, 0.5) is 0 Å². The Morgan fingerprint density at radius 2 is 2.16 bits per heavy atom. The van der Waals surface area contributed by atoms with Crippen molar-refractivity contribution in [2.24, 2.45) is 5.73 Å². The second-order valence-corrected chi connectivity index (χ2v) is 8.50. The van der Waals surface area contributed by atoms with Crippen LogP contribution in [0.1, 0.15) is 73.9 Å². The fourth-order valence-electron chi connectivity index (χ4n) is 4.16. The minimum Gasteiger partial charge on any atom is -0.494 e. The van der Waals surface area contributed by atoms with E-state index in [1.54, 1.807) is 6.20 Å². The maximum Gasteiger partial charge on any atom is 0.306 e. The second-order valence-electron chi connectivity index (χ2n) is 8.06. The lowest BCUT2D eigenvalue weighted by atomic mass is 9.98. The number of esters is 1. The van der Waals surface area contributed by atoms with Crippen LogP contribution in [0.3, 0.4) is 0 Å². The third-order valence-corrected chi connectivity index (χ3v) is 6.09. The van der Waals surface area contributed by atoms with Gasteiger partial charge in [-0.25, -0.2) is 0 Å². The minimum atomic E-state index is -0.113. The molecule has 0 aliphatic heterocycles. The number of carbonyl (C=O) groups is 1. The predicted molar refractivity (Wildman–Crippen MR) is 130 cm³/mol. The summed E-state index contributed by atoms with van der Waals surface area (Å²) in [6, 6.07) is 10.3. The summed E-state index contributed by atoms with van der Waals surface area (Å²) in [5.74, 6) is 1.04. The predicted octanol–water partition coefficient (Wildman–Crippen LogP) is 4.21. The molecule has 2 atom stereocenters. The van der Waals surface area contributed by atoms with Crippen molar-refractivity contribution in [1.82, 2.24) is 10.3 Å². The zero-order chi connectivity index (χ0) is 22.9. The van der Waals surface area contributed by atoms with Crippen molar-refractivity contribution in [2.75, 3.05) is 19.8 Å². The summed E-state index contributed by atoms with van der Waals surface area (Å²) < 4.78 is 11.1. The van der Waals surface area contributed by atoms with Gasteiger partial charge in [-0.2, -0.15) is 0 Å². The molecule has 3 rings (SSSR count). The first kappa shape index (κ1) is 24.1. The van der Waals surface area contributed by atoms with Gasteiger partial charge < -0.3 is 20.5 Å². The van der Waals surface area contributed by atoms with E-state index in [2.05, 4.69) is 29.4 Å². The van der Waals surface area contributed by atoms with Gasteiger partial charge in [0.1, 0.15) is 10.7 Å². The molecule has 0 radical (unpaired) electrons. The van der Waals surface area contributed by atoms with Crippen LogP contribution in [-0.2, 0) is 16.0 Å². The van der Waals surface area contributed by atoms with Crippen LogP contribution < -0.4 is 15.8 Å². The first-order valence-corrected chi connectivity index (χ1v) is 11.8. The molecule has 0 saturated heterocycles. The van der Waals surface area contributed by atoms with Gasteiger partial charge in [0.05, 0.1) is 25.3 Å². The molecule has 3 N–H and O–H groups in total. The highest BCUT2D eigenvalue weighted by Gasteiger charge is 2.25. The van der Waals surface area contributed by atoms with Crippen LogP contribution in [0, 0.1) is 0 Å². The summed E-state index contributed by atoms with van der Waals surface area (Å²) in [5, 5.41) is 3.55. The molecule has 7 heteroatoms. The van der Waals surface area contributed by atoms with E-state index in [9.17, 15) is 4.79 Å². The molecule has 1 heterocycles. The molecule has 1 aliphatic carbocycles. The fourth-order valence-corrected chi connectivity index (χ4v) is 4.28. The van der Waals surface area contributed by atoms with Crippen LogP contribution in [0.2, 0.25) is 0 Å². The Morgan fingerprint density at radius 1 is 1.31 bits per heavy atom. The summed E-state index contributed by atoms with van der Waals surface area (Å²) in [4.78, 5) is 16.7. The third kappa shape index (κ3) is 6.50. The number of nitrogens with zero attached hydrogens (tertiary/aromatic N) is 1. The number of aromatic nitrogens is 1. The maximum atomic E-state index is 11.8. The minimum absolute atomic E-state index is 0.113. The number of hydrogen-bond acceptors (Lipinski definition) is 6. The number of nitrogens with two attached hydrogens (primary N) is 1. The quantitative estimate of drug-likeness (QED) is 0.282. The van der Waals surface area contributed by atoms with Gasteiger partial charge in [-0.1, -0.05) is 25.2 Å². The number of hydrogen-bond donors (Lipinski definition) is 2. The topological polar surface area (TPSA) is 86.5 Å². The van der Waals surface area contributed by atoms with E-state index in [4.69, 9.17) is 27.4 Å². The Bertz CT molecular complexity index is 917. The first-order chi connectivity index (χ1) is 15.5. The van der Waals surface area contributed by atoms with Gasteiger partial charge >= 0.3 is 5.97 Å². The summed E-state index contributed by atoms with van der Waals surface area (Å²) >= 11 is 4.99. The molecule has 1 aliphatic rings. The number of benzene rings is 1. The van der Waals surface area contributed by atoms with Crippen LogP contribution in [0.15, 0.2) is 36.5 Å². The lowest BCUT2D eigenvalue weighted by Crippen LogP contribution is -2.24. The summed E-state index contributed by atoms with van der Waals surface area (Å²) in [5.41, 5.74) is 9.96. The highest BCUT2D eigenvalue weighted by molar-refractivity contribution is 7.80. The molecule has 32 heavy (non-hydrogen) atoms. The highest BCUT2D eigenvalue weighted by atomic mass is 32.1. The molecule has 0 saturated carbocycles. The zero-order valence-electron chi connectivity index (χ0n) is 18.9. The van der Waals surface area contributed by atoms with Crippen LogP contribution >= 0.6 is 12.2 Å². The summed E-state index contributed by atoms with van der Waals surface area (Å²) in [6.45, 7) is 5.89. The average molecular weight is 456 g/mol. The molecular weight excluding hydrogens is 422 g/mol. The molecule has 172 valence electrons. The number of carbonyl (C=O) groups excluding carboxylic acids is 1. The van der Waals surface area contributed by atoms with Crippen molar-refractivity contribution in [3.05, 3.63) is 58.9 Å². The number of rotatable bonds is 12. The normalized spacial score (nSPS) is 15.8. The Kier molecular flexibility index (Phi) is 9.00. The molecule has 6 nitrogen and oxygen atoms in total. The Morgan fingerprint density at radius 3 is 2.84 bits per heavy atom. The van der Waals surface area contributed by atoms with Gasteiger partial charge in [-0.3, -0.25) is 9.78 Å². The molecule has 0 amide bonds. The number of thiocarbonyl (C=S) groups is 1. The van der Waals surface area contributed by atoms with E-state index in [0.717, 1.165) is 49.2 Å². The lowest BCUT2D eigenvalue weighted by molar-refractivity contribution is -0.143. The van der Waals surface area contributed by atoms with Gasteiger partial charge in [0.25, 0.3) is 0 Å². The van der Waals surface area contributed by atoms with Gasteiger partial charge in [0.2, 0.25) is 0 Å². The van der Waals surface area contributed by atoms with Crippen molar-refractivity contribution in [3.63, 3.8) is 0 Å². The van der Waals surface area contributed by atoms with Crippen LogP contribution in [-0.4, -0.2) is 35.7 Å². The molecule has 0 fully saturated rings. The van der Waals surface area contributed by atoms with Crippen molar-refractivity contribution in [3.8, 4) is 5.75 Å². The Balaban J connectivity index is 1.43. The maximum absolute atomic E-state index is 11.8. The molecule has 1 aromatic heterocycles. The van der Waals surface area contributed by atoms with Crippen molar-refractivity contribution in [1.29, 1.82) is 0 Å². The number of nitrogens with one attached hydrogen (secondary N) is 1. The Labute approximate surface area is 195 Å². The fraction of sp³-hybridized carbons (Fsp3) is 0.480. The van der Waals surface area contributed by atoms with E-state index < -0.39 is 0 Å². The number of aryl methyl sites for hydroxylation is 1. The van der Waals surface area contributed by atoms with Gasteiger partial charge in [-0.15, -0.1) is 0 Å². The largest absolute Gasteiger partial charge is 0.494 e. The third-order valence-electron chi connectivity index (χ3n) is 5.85. The summed E-state index contributed by atoms with van der Waals surface area (Å²) in [6.07, 6.45) is 6.00. The number of ether oxygens (including phenoxy) is 2. The second kappa shape index (κ2) is 11.9. The molecular formula is C25H33N3O3S. The highest BCUT2D eigenvalue weighted by Crippen LogP contribution is 2.37.